The number of nitrogens with one attached hydrogen (secondary N) is 2. The van der Waals surface area contributed by atoms with E-state index in [0.29, 0.717) is 17.3 Å². The molecule has 0 bridgehead atoms. The molecule has 2 N–H and O–H groups in total. The number of carbonyl (C=O) groups excluding carboxylic acids is 1. The maximum absolute atomic E-state index is 13.2. The van der Waals surface area contributed by atoms with E-state index in [1.165, 1.54) is 12.1 Å². The molecule has 0 atom stereocenters. The van der Waals surface area contributed by atoms with Gasteiger partial charge in [0.2, 0.25) is 0 Å². The van der Waals surface area contributed by atoms with E-state index in [1.54, 1.807) is 30.3 Å². The highest BCUT2D eigenvalue weighted by molar-refractivity contribution is 5.90. The van der Waals surface area contributed by atoms with Crippen molar-refractivity contribution in [2.45, 2.75) is 0 Å². The largest absolute Gasteiger partial charge is 0.484 e. The predicted molar refractivity (Wildman–Crippen MR) is 92.2 cm³/mol. The van der Waals surface area contributed by atoms with E-state index in [1.807, 2.05) is 6.07 Å². The van der Waals surface area contributed by atoms with Crippen molar-refractivity contribution in [2.24, 2.45) is 0 Å². The molecule has 0 radical (unpaired) electrons. The number of carbonyl (C=O) groups is 1. The van der Waals surface area contributed by atoms with Crippen LogP contribution < -0.4 is 15.4 Å². The Labute approximate surface area is 147 Å². The van der Waals surface area contributed by atoms with E-state index < -0.39 is 11.6 Å². The van der Waals surface area contributed by atoms with Gasteiger partial charge in [-0.25, -0.2) is 8.78 Å². The summed E-state index contributed by atoms with van der Waals surface area (Å²) in [6.45, 7) is -0.166. The highest BCUT2D eigenvalue weighted by Crippen LogP contribution is 2.17. The molecule has 6 nitrogen and oxygen atoms in total. The molecule has 0 spiro atoms. The van der Waals surface area contributed by atoms with Crippen LogP contribution in [0.25, 0.3) is 0 Å². The molecular formula is C18H14F2N4O2. The Morgan fingerprint density at radius 1 is 0.923 bits per heavy atom. The number of para-hydroxylation sites is 1. The van der Waals surface area contributed by atoms with Crippen LogP contribution in [0.1, 0.15) is 0 Å². The zero-order valence-electron chi connectivity index (χ0n) is 13.4. The van der Waals surface area contributed by atoms with E-state index in [9.17, 15) is 13.6 Å². The van der Waals surface area contributed by atoms with Crippen LogP contribution in [0, 0.1) is 11.6 Å². The third-order valence-corrected chi connectivity index (χ3v) is 3.24. The van der Waals surface area contributed by atoms with E-state index in [2.05, 4.69) is 20.8 Å². The highest BCUT2D eigenvalue weighted by atomic mass is 19.2. The minimum absolute atomic E-state index is 0.166. The van der Waals surface area contributed by atoms with E-state index in [-0.39, 0.29) is 18.3 Å². The third-order valence-electron chi connectivity index (χ3n) is 3.24. The van der Waals surface area contributed by atoms with E-state index in [0.717, 1.165) is 12.1 Å². The van der Waals surface area contributed by atoms with Crippen LogP contribution in [-0.4, -0.2) is 22.7 Å². The lowest BCUT2D eigenvalue weighted by Crippen LogP contribution is -2.21. The first-order valence-electron chi connectivity index (χ1n) is 7.64. The molecule has 0 aliphatic heterocycles. The number of rotatable bonds is 6. The Morgan fingerprint density at radius 2 is 1.65 bits per heavy atom. The van der Waals surface area contributed by atoms with Gasteiger partial charge in [-0.05, 0) is 36.4 Å². The average Bonchev–Trinajstić information content (AvgIpc) is 2.65. The molecule has 0 fully saturated rings. The van der Waals surface area contributed by atoms with Crippen molar-refractivity contribution in [3.8, 4) is 5.75 Å². The molecule has 8 heteroatoms. The van der Waals surface area contributed by atoms with Crippen LogP contribution in [0.4, 0.5) is 26.1 Å². The Balaban J connectivity index is 1.53. The van der Waals surface area contributed by atoms with Gasteiger partial charge < -0.3 is 15.4 Å². The van der Waals surface area contributed by atoms with Crippen molar-refractivity contribution in [3.63, 3.8) is 0 Å². The number of amides is 1. The number of hydrogen-bond acceptors (Lipinski definition) is 5. The smallest absolute Gasteiger partial charge is 0.263 e. The Bertz CT molecular complexity index is 889. The summed E-state index contributed by atoms with van der Waals surface area (Å²) < 4.78 is 31.4. The van der Waals surface area contributed by atoms with Gasteiger partial charge in [-0.15, -0.1) is 10.2 Å². The number of nitrogens with zero attached hydrogens (tertiary/aromatic N) is 2. The lowest BCUT2D eigenvalue weighted by Gasteiger charge is -2.08. The zero-order chi connectivity index (χ0) is 18.4. The van der Waals surface area contributed by atoms with Crippen LogP contribution in [-0.2, 0) is 4.79 Å². The summed E-state index contributed by atoms with van der Waals surface area (Å²) in [5, 5.41) is 13.0. The Kier molecular flexibility index (Phi) is 5.33. The lowest BCUT2D eigenvalue weighted by molar-refractivity contribution is -0.118. The zero-order valence-corrected chi connectivity index (χ0v) is 13.4. The monoisotopic (exact) mass is 356 g/mol. The fourth-order valence-corrected chi connectivity index (χ4v) is 2.03. The van der Waals surface area contributed by atoms with Gasteiger partial charge in [0.1, 0.15) is 5.75 Å². The minimum Gasteiger partial charge on any atom is -0.484 e. The van der Waals surface area contributed by atoms with Crippen molar-refractivity contribution in [1.29, 1.82) is 0 Å². The Morgan fingerprint density at radius 3 is 2.35 bits per heavy atom. The maximum atomic E-state index is 13.2. The maximum Gasteiger partial charge on any atom is 0.263 e. The quantitative estimate of drug-likeness (QED) is 0.707. The summed E-state index contributed by atoms with van der Waals surface area (Å²) in [7, 11) is 0. The molecule has 3 aromatic rings. The number of ether oxygens (including phenoxy) is 1. The summed E-state index contributed by atoms with van der Waals surface area (Å²) in [6, 6.07) is 15.4. The van der Waals surface area contributed by atoms with Gasteiger partial charge in [0.15, 0.2) is 29.9 Å². The van der Waals surface area contributed by atoms with Gasteiger partial charge >= 0.3 is 0 Å². The van der Waals surface area contributed by atoms with E-state index >= 15 is 0 Å². The molecule has 1 heterocycles. The summed E-state index contributed by atoms with van der Waals surface area (Å²) in [6.07, 6.45) is 0. The summed E-state index contributed by atoms with van der Waals surface area (Å²) >= 11 is 0. The lowest BCUT2D eigenvalue weighted by atomic mass is 10.3. The molecule has 0 unspecified atom stereocenters. The average molecular weight is 356 g/mol. The van der Waals surface area contributed by atoms with Crippen LogP contribution in [0.3, 0.4) is 0 Å². The van der Waals surface area contributed by atoms with Gasteiger partial charge in [0, 0.05) is 11.8 Å². The number of benzene rings is 2. The highest BCUT2D eigenvalue weighted by Gasteiger charge is 2.07. The van der Waals surface area contributed by atoms with Crippen LogP contribution >= 0.6 is 0 Å². The molecule has 3 rings (SSSR count). The second kappa shape index (κ2) is 8.02. The second-order valence-electron chi connectivity index (χ2n) is 5.21. The van der Waals surface area contributed by atoms with Gasteiger partial charge in [0.25, 0.3) is 5.91 Å². The van der Waals surface area contributed by atoms with Crippen molar-refractivity contribution in [1.82, 2.24) is 10.2 Å². The molecule has 1 amide bonds. The first-order chi connectivity index (χ1) is 12.6. The van der Waals surface area contributed by atoms with Crippen LogP contribution in [0.15, 0.2) is 60.7 Å². The molecule has 0 aliphatic rings. The SMILES string of the molecule is O=C(COc1ccccc1)Nc1ccc(Nc2ccc(F)c(F)c2)nn1. The summed E-state index contributed by atoms with van der Waals surface area (Å²) in [5.41, 5.74) is 0.325. The standard InChI is InChI=1S/C18H14F2N4O2/c19-14-7-6-12(10-15(14)20)21-16-8-9-17(24-23-16)22-18(25)11-26-13-4-2-1-3-5-13/h1-10H,11H2,(H,21,23)(H,22,24,25). The first kappa shape index (κ1) is 17.3. The normalized spacial score (nSPS) is 10.2. The molecule has 2 aromatic carbocycles. The molecular weight excluding hydrogens is 342 g/mol. The van der Waals surface area contributed by atoms with Crippen molar-refractivity contribution in [3.05, 3.63) is 72.3 Å². The third kappa shape index (κ3) is 4.73. The van der Waals surface area contributed by atoms with E-state index in [4.69, 9.17) is 4.74 Å². The number of hydrogen-bond donors (Lipinski definition) is 2. The number of aromatic nitrogens is 2. The van der Waals surface area contributed by atoms with Crippen LogP contribution in [0.5, 0.6) is 5.75 Å². The topological polar surface area (TPSA) is 76.1 Å². The second-order valence-corrected chi connectivity index (χ2v) is 5.21. The number of anilines is 3. The van der Waals surface area contributed by atoms with Crippen molar-refractivity contribution < 1.29 is 18.3 Å². The van der Waals surface area contributed by atoms with Gasteiger partial charge in [-0.3, -0.25) is 4.79 Å². The molecule has 1 aromatic heterocycles. The summed E-state index contributed by atoms with van der Waals surface area (Å²) in [5.74, 6) is -1.15. The van der Waals surface area contributed by atoms with Crippen LogP contribution in [0.2, 0.25) is 0 Å². The van der Waals surface area contributed by atoms with Gasteiger partial charge in [0.05, 0.1) is 0 Å². The minimum atomic E-state index is -0.967. The Hall–Kier alpha value is -3.55. The van der Waals surface area contributed by atoms with Gasteiger partial charge in [-0.1, -0.05) is 18.2 Å². The molecule has 0 saturated heterocycles. The van der Waals surface area contributed by atoms with Gasteiger partial charge in [-0.2, -0.15) is 0 Å². The number of halogens is 2. The first-order valence-corrected chi connectivity index (χ1v) is 7.64. The fourth-order valence-electron chi connectivity index (χ4n) is 2.03. The molecule has 0 saturated carbocycles. The molecule has 132 valence electrons. The fraction of sp³-hybridized carbons (Fsp3) is 0.0556. The molecule has 26 heavy (non-hydrogen) atoms. The molecule has 0 aliphatic carbocycles. The predicted octanol–water partition coefficient (Wildman–Crippen LogP) is 3.52. The van der Waals surface area contributed by atoms with Crippen molar-refractivity contribution >= 4 is 23.2 Å². The summed E-state index contributed by atoms with van der Waals surface area (Å²) in [4.78, 5) is 11.8. The van der Waals surface area contributed by atoms with Crippen molar-refractivity contribution in [2.75, 3.05) is 17.2 Å².